The van der Waals surface area contributed by atoms with E-state index < -0.39 is 15.1 Å². The van der Waals surface area contributed by atoms with Crippen LogP contribution in [0.2, 0.25) is 0 Å². The first-order valence-corrected chi connectivity index (χ1v) is 11.7. The van der Waals surface area contributed by atoms with Crippen LogP contribution >= 0.6 is 11.8 Å². The molecule has 2 atom stereocenters. The molecule has 0 unspecified atom stereocenters. The third-order valence-corrected chi connectivity index (χ3v) is 7.44. The minimum absolute atomic E-state index is 0.0711. The molecule has 1 N–H and O–H groups in total. The maximum atomic E-state index is 12.5. The molecule has 0 spiro atoms. The van der Waals surface area contributed by atoms with Gasteiger partial charge in [-0.2, -0.15) is 5.26 Å². The van der Waals surface area contributed by atoms with Crippen molar-refractivity contribution in [1.82, 2.24) is 14.8 Å². The molecule has 152 valence electrons. The lowest BCUT2D eigenvalue weighted by Gasteiger charge is -2.14. The second-order valence-corrected chi connectivity index (χ2v) is 10.3. The van der Waals surface area contributed by atoms with Crippen LogP contribution in [-0.4, -0.2) is 45.8 Å². The van der Waals surface area contributed by atoms with Crippen LogP contribution in [0.5, 0.6) is 0 Å². The fourth-order valence-corrected chi connectivity index (χ4v) is 5.68. The van der Waals surface area contributed by atoms with Crippen molar-refractivity contribution in [1.29, 1.82) is 5.26 Å². The molecular formula is C19H21N5O3S2. The summed E-state index contributed by atoms with van der Waals surface area (Å²) in [7, 11) is -3.04. The van der Waals surface area contributed by atoms with Crippen molar-refractivity contribution in [3.63, 3.8) is 0 Å². The molecule has 10 heteroatoms. The highest BCUT2D eigenvalue weighted by Gasteiger charge is 2.33. The summed E-state index contributed by atoms with van der Waals surface area (Å²) >= 11 is 1.25. The number of rotatable bonds is 7. The molecule has 1 fully saturated rings. The Morgan fingerprint density at radius 1 is 1.45 bits per heavy atom. The third kappa shape index (κ3) is 5.05. The third-order valence-electron chi connectivity index (χ3n) is 4.59. The summed E-state index contributed by atoms with van der Waals surface area (Å²) in [6.45, 7) is 5.95. The van der Waals surface area contributed by atoms with Gasteiger partial charge >= 0.3 is 0 Å². The fourth-order valence-electron chi connectivity index (χ4n) is 3.07. The van der Waals surface area contributed by atoms with Gasteiger partial charge in [0.1, 0.15) is 5.82 Å². The molecule has 0 saturated carbocycles. The number of carbonyl (C=O) groups excluding carboxylic acids is 1. The Bertz CT molecular complexity index is 1050. The summed E-state index contributed by atoms with van der Waals surface area (Å²) in [6, 6.07) is 8.65. The highest BCUT2D eigenvalue weighted by molar-refractivity contribution is 8.00. The Balaban J connectivity index is 1.72. The van der Waals surface area contributed by atoms with Gasteiger partial charge < -0.3 is 9.88 Å². The van der Waals surface area contributed by atoms with E-state index in [0.29, 0.717) is 35.2 Å². The molecule has 2 heterocycles. The van der Waals surface area contributed by atoms with E-state index >= 15 is 0 Å². The summed E-state index contributed by atoms with van der Waals surface area (Å²) in [5.74, 6) is 0.446. The standard InChI is InChI=1S/C19H21N5O3S2/c1-3-9-24-17(15-8-10-29(26,27)12-15)22-23-19(24)28-13(2)18(25)21-16-6-4-14(11-20)5-7-16/h3-7,13,15H,1,8-10,12H2,2H3,(H,21,25)/t13-,15+/m0/s1. The van der Waals surface area contributed by atoms with Gasteiger partial charge in [-0.3, -0.25) is 4.79 Å². The molecule has 29 heavy (non-hydrogen) atoms. The molecule has 1 saturated heterocycles. The minimum atomic E-state index is -3.04. The number of benzene rings is 1. The van der Waals surface area contributed by atoms with Crippen LogP contribution < -0.4 is 5.32 Å². The number of nitrogens with one attached hydrogen (secondary N) is 1. The van der Waals surface area contributed by atoms with Crippen LogP contribution in [0.1, 0.15) is 30.7 Å². The summed E-state index contributed by atoms with van der Waals surface area (Å²) < 4.78 is 25.5. The van der Waals surface area contributed by atoms with Crippen molar-refractivity contribution in [2.24, 2.45) is 0 Å². The molecular weight excluding hydrogens is 410 g/mol. The van der Waals surface area contributed by atoms with Crippen molar-refractivity contribution in [3.8, 4) is 6.07 Å². The largest absolute Gasteiger partial charge is 0.325 e. The maximum Gasteiger partial charge on any atom is 0.237 e. The van der Waals surface area contributed by atoms with Gasteiger partial charge in [0.05, 0.1) is 28.4 Å². The fraction of sp³-hybridized carbons (Fsp3) is 0.368. The average molecular weight is 432 g/mol. The van der Waals surface area contributed by atoms with Gasteiger partial charge in [0.2, 0.25) is 5.91 Å². The van der Waals surface area contributed by atoms with Crippen LogP contribution in [0.3, 0.4) is 0 Å². The van der Waals surface area contributed by atoms with Crippen LogP contribution in [0, 0.1) is 11.3 Å². The Morgan fingerprint density at radius 2 is 2.17 bits per heavy atom. The van der Waals surface area contributed by atoms with Crippen molar-refractivity contribution in [3.05, 3.63) is 48.3 Å². The SMILES string of the molecule is C=CCn1c(S[C@@H](C)C(=O)Nc2ccc(C#N)cc2)nnc1[C@@H]1CCS(=O)(=O)C1. The number of hydrogen-bond acceptors (Lipinski definition) is 7. The minimum Gasteiger partial charge on any atom is -0.325 e. The Labute approximate surface area is 173 Å². The number of amides is 1. The number of allylic oxidation sites excluding steroid dienone is 1. The van der Waals surface area contributed by atoms with E-state index in [2.05, 4.69) is 22.1 Å². The Morgan fingerprint density at radius 3 is 2.76 bits per heavy atom. The van der Waals surface area contributed by atoms with Gasteiger partial charge in [-0.25, -0.2) is 8.42 Å². The predicted molar refractivity (Wildman–Crippen MR) is 111 cm³/mol. The number of carbonyl (C=O) groups is 1. The summed E-state index contributed by atoms with van der Waals surface area (Å²) in [5.41, 5.74) is 1.12. The lowest BCUT2D eigenvalue weighted by Crippen LogP contribution is -2.23. The highest BCUT2D eigenvalue weighted by Crippen LogP contribution is 2.31. The van der Waals surface area contributed by atoms with Gasteiger partial charge in [-0.05, 0) is 37.6 Å². The number of aromatic nitrogens is 3. The first kappa shape index (κ1) is 21.1. The zero-order valence-electron chi connectivity index (χ0n) is 15.9. The zero-order valence-corrected chi connectivity index (χ0v) is 17.5. The van der Waals surface area contributed by atoms with Crippen molar-refractivity contribution < 1.29 is 13.2 Å². The van der Waals surface area contributed by atoms with E-state index in [1.165, 1.54) is 11.8 Å². The molecule has 2 aromatic rings. The van der Waals surface area contributed by atoms with E-state index in [-0.39, 0.29) is 23.3 Å². The average Bonchev–Trinajstić information content (AvgIpc) is 3.25. The number of thioether (sulfide) groups is 1. The zero-order chi connectivity index (χ0) is 21.0. The van der Waals surface area contributed by atoms with Crippen molar-refractivity contribution in [2.45, 2.75) is 36.2 Å². The first-order chi connectivity index (χ1) is 13.8. The van der Waals surface area contributed by atoms with Crippen molar-refractivity contribution >= 4 is 33.2 Å². The van der Waals surface area contributed by atoms with Crippen LogP contribution in [0.4, 0.5) is 5.69 Å². The normalized spacial score (nSPS) is 18.7. The number of sulfone groups is 1. The molecule has 8 nitrogen and oxygen atoms in total. The molecule has 3 rings (SSSR count). The van der Waals surface area contributed by atoms with E-state index in [1.807, 2.05) is 10.6 Å². The molecule has 0 radical (unpaired) electrons. The van der Waals surface area contributed by atoms with Gasteiger partial charge in [-0.15, -0.1) is 16.8 Å². The topological polar surface area (TPSA) is 118 Å². The van der Waals surface area contributed by atoms with Crippen molar-refractivity contribution in [2.75, 3.05) is 16.8 Å². The molecule has 1 aromatic heterocycles. The molecule has 0 aliphatic carbocycles. The predicted octanol–water partition coefficient (Wildman–Crippen LogP) is 2.36. The Kier molecular flexibility index (Phi) is 6.39. The number of anilines is 1. The molecule has 1 amide bonds. The lowest BCUT2D eigenvalue weighted by atomic mass is 10.1. The second-order valence-electron chi connectivity index (χ2n) is 6.78. The summed E-state index contributed by atoms with van der Waals surface area (Å²) in [4.78, 5) is 12.5. The number of nitriles is 1. The Hall–Kier alpha value is -2.64. The van der Waals surface area contributed by atoms with Crippen LogP contribution in [0.15, 0.2) is 42.1 Å². The molecule has 0 bridgehead atoms. The number of hydrogen-bond donors (Lipinski definition) is 1. The maximum absolute atomic E-state index is 12.5. The monoisotopic (exact) mass is 431 g/mol. The second kappa shape index (κ2) is 8.80. The summed E-state index contributed by atoms with van der Waals surface area (Å²) in [6.07, 6.45) is 2.22. The summed E-state index contributed by atoms with van der Waals surface area (Å²) in [5, 5.41) is 20.2. The highest BCUT2D eigenvalue weighted by atomic mass is 32.2. The van der Waals surface area contributed by atoms with E-state index in [9.17, 15) is 13.2 Å². The molecule has 1 aromatic carbocycles. The molecule has 1 aliphatic heterocycles. The molecule has 1 aliphatic rings. The quantitative estimate of drug-likeness (QED) is 0.528. The smallest absolute Gasteiger partial charge is 0.237 e. The van der Waals surface area contributed by atoms with Crippen LogP contribution in [0.25, 0.3) is 0 Å². The van der Waals surface area contributed by atoms with Crippen LogP contribution in [-0.2, 0) is 21.2 Å². The first-order valence-electron chi connectivity index (χ1n) is 9.05. The van der Waals surface area contributed by atoms with Gasteiger partial charge in [0.15, 0.2) is 15.0 Å². The van der Waals surface area contributed by atoms with Gasteiger partial charge in [-0.1, -0.05) is 17.8 Å². The van der Waals surface area contributed by atoms with Gasteiger partial charge in [0, 0.05) is 18.2 Å². The van der Waals surface area contributed by atoms with E-state index in [1.54, 1.807) is 37.3 Å². The van der Waals surface area contributed by atoms with Gasteiger partial charge in [0.25, 0.3) is 0 Å². The van der Waals surface area contributed by atoms with E-state index in [0.717, 1.165) is 0 Å². The number of nitrogens with zero attached hydrogens (tertiary/aromatic N) is 4. The lowest BCUT2D eigenvalue weighted by molar-refractivity contribution is -0.115. The van der Waals surface area contributed by atoms with E-state index in [4.69, 9.17) is 5.26 Å².